The normalized spacial score (nSPS) is 10.6. The van der Waals surface area contributed by atoms with Gasteiger partial charge < -0.3 is 5.32 Å². The van der Waals surface area contributed by atoms with E-state index in [0.29, 0.717) is 5.75 Å². The van der Waals surface area contributed by atoms with Gasteiger partial charge in [-0.15, -0.1) is 23.5 Å². The molecule has 0 radical (unpaired) electrons. The maximum Gasteiger partial charge on any atom is 0.234 e. The van der Waals surface area contributed by atoms with Crippen LogP contribution < -0.4 is 5.32 Å². The molecule has 0 fully saturated rings. The van der Waals surface area contributed by atoms with Crippen LogP contribution in [0.3, 0.4) is 0 Å². The van der Waals surface area contributed by atoms with Crippen molar-refractivity contribution in [2.24, 2.45) is 0 Å². The molecule has 0 heterocycles. The SMILES string of the molecule is O=C(CSCc1ccccc1Cl)Nc1ccc(CSc2ccccc2)cc1. The van der Waals surface area contributed by atoms with E-state index >= 15 is 0 Å². The van der Waals surface area contributed by atoms with Gasteiger partial charge in [0, 0.05) is 27.1 Å². The minimum Gasteiger partial charge on any atom is -0.325 e. The Bertz CT molecular complexity index is 869. The van der Waals surface area contributed by atoms with Gasteiger partial charge in [0.2, 0.25) is 5.91 Å². The summed E-state index contributed by atoms with van der Waals surface area (Å²) >= 11 is 9.49. The average molecular weight is 414 g/mol. The molecule has 0 aliphatic rings. The molecule has 1 N–H and O–H groups in total. The number of rotatable bonds is 8. The van der Waals surface area contributed by atoms with E-state index in [1.165, 1.54) is 10.5 Å². The summed E-state index contributed by atoms with van der Waals surface area (Å²) in [5, 5.41) is 3.69. The highest BCUT2D eigenvalue weighted by atomic mass is 35.5. The monoisotopic (exact) mass is 413 g/mol. The molecular formula is C22H20ClNOS2. The first-order valence-corrected chi connectivity index (χ1v) is 11.1. The van der Waals surface area contributed by atoms with Crippen LogP contribution in [0.1, 0.15) is 11.1 Å². The lowest BCUT2D eigenvalue weighted by Gasteiger charge is -2.07. The standard InChI is InChI=1S/C22H20ClNOS2/c23-21-9-5-4-6-18(21)15-26-16-22(25)24-19-12-10-17(11-13-19)14-27-20-7-2-1-3-8-20/h1-13H,14-16H2,(H,24,25). The molecule has 0 aliphatic heterocycles. The Kier molecular flexibility index (Phi) is 7.69. The third kappa shape index (κ3) is 6.65. The van der Waals surface area contributed by atoms with Gasteiger partial charge in [0.05, 0.1) is 5.75 Å². The number of thioether (sulfide) groups is 2. The summed E-state index contributed by atoms with van der Waals surface area (Å²) in [7, 11) is 0. The largest absolute Gasteiger partial charge is 0.325 e. The van der Waals surface area contributed by atoms with Crippen LogP contribution >= 0.6 is 35.1 Å². The zero-order chi connectivity index (χ0) is 18.9. The number of nitrogens with one attached hydrogen (secondary N) is 1. The summed E-state index contributed by atoms with van der Waals surface area (Å²) in [6.45, 7) is 0. The van der Waals surface area contributed by atoms with Crippen molar-refractivity contribution in [3.8, 4) is 0 Å². The van der Waals surface area contributed by atoms with E-state index in [9.17, 15) is 4.79 Å². The van der Waals surface area contributed by atoms with E-state index in [4.69, 9.17) is 11.6 Å². The Hall–Kier alpha value is -1.88. The molecule has 3 rings (SSSR count). The molecule has 0 aliphatic carbocycles. The van der Waals surface area contributed by atoms with Gasteiger partial charge in [0.1, 0.15) is 0 Å². The van der Waals surface area contributed by atoms with Crippen LogP contribution in [0.5, 0.6) is 0 Å². The van der Waals surface area contributed by atoms with Crippen molar-refractivity contribution in [1.29, 1.82) is 0 Å². The van der Waals surface area contributed by atoms with Crippen LogP contribution in [0.25, 0.3) is 0 Å². The number of hydrogen-bond acceptors (Lipinski definition) is 3. The fraction of sp³-hybridized carbons (Fsp3) is 0.136. The van der Waals surface area contributed by atoms with Crippen LogP contribution in [0, 0.1) is 0 Å². The molecule has 0 atom stereocenters. The summed E-state index contributed by atoms with van der Waals surface area (Å²) in [5.41, 5.74) is 3.11. The third-order valence-electron chi connectivity index (χ3n) is 3.83. The Morgan fingerprint density at radius 2 is 1.56 bits per heavy atom. The number of carbonyl (C=O) groups excluding carboxylic acids is 1. The van der Waals surface area contributed by atoms with Gasteiger partial charge in [0.15, 0.2) is 0 Å². The minimum absolute atomic E-state index is 0.00142. The van der Waals surface area contributed by atoms with Crippen LogP contribution in [0.4, 0.5) is 5.69 Å². The zero-order valence-electron chi connectivity index (χ0n) is 14.7. The fourth-order valence-corrected chi connectivity index (χ4v) is 4.42. The van der Waals surface area contributed by atoms with Crippen molar-refractivity contribution in [3.63, 3.8) is 0 Å². The summed E-state index contributed by atoms with van der Waals surface area (Å²) in [6.07, 6.45) is 0. The maximum absolute atomic E-state index is 12.1. The van der Waals surface area contributed by atoms with E-state index in [2.05, 4.69) is 29.6 Å². The van der Waals surface area contributed by atoms with Crippen LogP contribution in [0.15, 0.2) is 83.8 Å². The van der Waals surface area contributed by atoms with E-state index in [-0.39, 0.29) is 5.91 Å². The summed E-state index contributed by atoms with van der Waals surface area (Å²) in [5.74, 6) is 2.03. The van der Waals surface area contributed by atoms with Crippen LogP contribution in [-0.4, -0.2) is 11.7 Å². The first-order chi connectivity index (χ1) is 13.2. The highest BCUT2D eigenvalue weighted by Gasteiger charge is 2.05. The van der Waals surface area contributed by atoms with Gasteiger partial charge in [-0.05, 0) is 41.5 Å². The molecule has 1 amide bonds. The van der Waals surface area contributed by atoms with Gasteiger partial charge in [-0.2, -0.15) is 0 Å². The molecule has 0 aromatic heterocycles. The zero-order valence-corrected chi connectivity index (χ0v) is 17.1. The predicted octanol–water partition coefficient (Wildman–Crippen LogP) is 6.50. The van der Waals surface area contributed by atoms with Crippen molar-refractivity contribution < 1.29 is 4.79 Å². The fourth-order valence-electron chi connectivity index (χ4n) is 2.43. The molecule has 0 spiro atoms. The molecule has 0 unspecified atom stereocenters. The molecule has 2 nitrogen and oxygen atoms in total. The Labute approximate surface area is 173 Å². The van der Waals surface area contributed by atoms with Gasteiger partial charge in [-0.1, -0.05) is 60.1 Å². The maximum atomic E-state index is 12.1. The molecule has 5 heteroatoms. The van der Waals surface area contributed by atoms with Crippen molar-refractivity contribution in [2.75, 3.05) is 11.1 Å². The molecule has 0 saturated heterocycles. The number of anilines is 1. The van der Waals surface area contributed by atoms with Crippen LogP contribution in [0.2, 0.25) is 5.02 Å². The second-order valence-electron chi connectivity index (χ2n) is 5.93. The van der Waals surface area contributed by atoms with Crippen molar-refractivity contribution >= 4 is 46.7 Å². The van der Waals surface area contributed by atoms with Gasteiger partial charge in [0.25, 0.3) is 0 Å². The van der Waals surface area contributed by atoms with Crippen LogP contribution in [-0.2, 0) is 16.3 Å². The van der Waals surface area contributed by atoms with Crippen molar-refractivity contribution in [2.45, 2.75) is 16.4 Å². The van der Waals surface area contributed by atoms with Gasteiger partial charge >= 0.3 is 0 Å². The Balaban J connectivity index is 1.42. The number of amides is 1. The molecule has 3 aromatic rings. The Morgan fingerprint density at radius 3 is 2.30 bits per heavy atom. The highest BCUT2D eigenvalue weighted by molar-refractivity contribution is 7.99. The predicted molar refractivity (Wildman–Crippen MR) is 119 cm³/mol. The van der Waals surface area contributed by atoms with Crippen molar-refractivity contribution in [3.05, 3.63) is 95.0 Å². The quantitative estimate of drug-likeness (QED) is 0.427. The lowest BCUT2D eigenvalue weighted by Crippen LogP contribution is -2.14. The van der Waals surface area contributed by atoms with Crippen molar-refractivity contribution in [1.82, 2.24) is 0 Å². The number of benzene rings is 3. The second kappa shape index (κ2) is 10.5. The minimum atomic E-state index is -0.00142. The smallest absolute Gasteiger partial charge is 0.234 e. The topological polar surface area (TPSA) is 29.1 Å². The lowest BCUT2D eigenvalue weighted by atomic mass is 10.2. The van der Waals surface area contributed by atoms with E-state index in [0.717, 1.165) is 27.8 Å². The number of halogens is 1. The second-order valence-corrected chi connectivity index (χ2v) is 8.37. The Morgan fingerprint density at radius 1 is 0.852 bits per heavy atom. The summed E-state index contributed by atoms with van der Waals surface area (Å²) in [6, 6.07) is 26.1. The summed E-state index contributed by atoms with van der Waals surface area (Å²) in [4.78, 5) is 13.4. The molecule has 0 saturated carbocycles. The first kappa shape index (κ1) is 19.9. The molecular weight excluding hydrogens is 394 g/mol. The molecule has 3 aromatic carbocycles. The van der Waals surface area contributed by atoms with Gasteiger partial charge in [-0.3, -0.25) is 4.79 Å². The van der Waals surface area contributed by atoms with Gasteiger partial charge in [-0.25, -0.2) is 0 Å². The van der Waals surface area contributed by atoms with E-state index in [1.807, 2.05) is 54.6 Å². The highest BCUT2D eigenvalue weighted by Crippen LogP contribution is 2.23. The summed E-state index contributed by atoms with van der Waals surface area (Å²) < 4.78 is 0. The molecule has 27 heavy (non-hydrogen) atoms. The third-order valence-corrected chi connectivity index (χ3v) is 6.27. The van der Waals surface area contributed by atoms with E-state index < -0.39 is 0 Å². The number of carbonyl (C=O) groups is 1. The molecule has 0 bridgehead atoms. The van der Waals surface area contributed by atoms with E-state index in [1.54, 1.807) is 23.5 Å². The first-order valence-electron chi connectivity index (χ1n) is 8.58. The lowest BCUT2D eigenvalue weighted by molar-refractivity contribution is -0.113. The molecule has 138 valence electrons. The number of hydrogen-bond donors (Lipinski definition) is 1. The average Bonchev–Trinajstić information content (AvgIpc) is 2.70.